The molecule has 1 aliphatic heterocycles. The number of amides is 1. The Balaban J connectivity index is 1.78. The van der Waals surface area contributed by atoms with Gasteiger partial charge in [-0.1, -0.05) is 19.1 Å². The molecule has 1 fully saturated rings. The molecule has 0 unspecified atom stereocenters. The summed E-state index contributed by atoms with van der Waals surface area (Å²) in [5.41, 5.74) is 0. The first-order valence-corrected chi connectivity index (χ1v) is 9.61. The van der Waals surface area contributed by atoms with Crippen LogP contribution in [0.1, 0.15) is 46.0 Å². The van der Waals surface area contributed by atoms with E-state index >= 15 is 0 Å². The number of carbonyl (C=O) groups excluding carboxylic acids is 1. The van der Waals surface area contributed by atoms with Crippen LogP contribution in [-0.2, 0) is 4.79 Å². The van der Waals surface area contributed by atoms with Crippen LogP contribution < -0.4 is 14.8 Å². The van der Waals surface area contributed by atoms with Crippen molar-refractivity contribution in [2.24, 2.45) is 0 Å². The third kappa shape index (κ3) is 6.24. The molecule has 5 heteroatoms. The molecular weight excluding hydrogens is 316 g/mol. The van der Waals surface area contributed by atoms with Gasteiger partial charge in [0, 0.05) is 19.0 Å². The highest BCUT2D eigenvalue weighted by Gasteiger charge is 2.24. The van der Waals surface area contributed by atoms with Crippen molar-refractivity contribution in [2.45, 2.75) is 52.0 Å². The Morgan fingerprint density at radius 1 is 1.16 bits per heavy atom. The van der Waals surface area contributed by atoms with E-state index in [4.69, 9.17) is 9.47 Å². The number of carbonyl (C=O) groups is 1. The lowest BCUT2D eigenvalue weighted by molar-refractivity contribution is -0.134. The molecule has 0 aromatic heterocycles. The van der Waals surface area contributed by atoms with E-state index in [0.717, 1.165) is 56.8 Å². The van der Waals surface area contributed by atoms with Gasteiger partial charge in [0.2, 0.25) is 5.91 Å². The van der Waals surface area contributed by atoms with Gasteiger partial charge < -0.3 is 19.7 Å². The fraction of sp³-hybridized carbons (Fsp3) is 0.650. The summed E-state index contributed by atoms with van der Waals surface area (Å²) in [4.78, 5) is 14.7. The second-order valence-corrected chi connectivity index (χ2v) is 6.40. The highest BCUT2D eigenvalue weighted by Crippen LogP contribution is 2.26. The van der Waals surface area contributed by atoms with Gasteiger partial charge in [-0.25, -0.2) is 0 Å². The minimum Gasteiger partial charge on any atom is -0.490 e. The van der Waals surface area contributed by atoms with Crippen molar-refractivity contribution in [1.82, 2.24) is 10.2 Å². The predicted octanol–water partition coefficient (Wildman–Crippen LogP) is 3.23. The van der Waals surface area contributed by atoms with Crippen molar-refractivity contribution >= 4 is 5.91 Å². The Morgan fingerprint density at radius 3 is 2.48 bits per heavy atom. The van der Waals surface area contributed by atoms with E-state index in [2.05, 4.69) is 17.1 Å². The quantitative estimate of drug-likeness (QED) is 0.660. The number of ether oxygens (including phenoxy) is 2. The predicted molar refractivity (Wildman–Crippen MR) is 100 cm³/mol. The molecule has 1 aliphatic rings. The summed E-state index contributed by atoms with van der Waals surface area (Å²) in [6, 6.07) is 8.08. The first kappa shape index (κ1) is 19.6. The zero-order chi connectivity index (χ0) is 17.9. The normalized spacial score (nSPS) is 15.0. The molecule has 0 bridgehead atoms. The SMILES string of the molecule is CCCN(C(=O)CCCOc1ccccc1OCC)C1CCNCC1. The Bertz CT molecular complexity index is 515. The van der Waals surface area contributed by atoms with E-state index in [1.165, 1.54) is 0 Å². The third-order valence-corrected chi connectivity index (χ3v) is 4.48. The van der Waals surface area contributed by atoms with Gasteiger partial charge in [-0.15, -0.1) is 0 Å². The summed E-state index contributed by atoms with van der Waals surface area (Å²) in [5, 5.41) is 3.37. The van der Waals surface area contributed by atoms with E-state index in [-0.39, 0.29) is 5.91 Å². The van der Waals surface area contributed by atoms with Gasteiger partial charge in [0.15, 0.2) is 11.5 Å². The Labute approximate surface area is 151 Å². The summed E-state index contributed by atoms with van der Waals surface area (Å²) in [5.74, 6) is 1.77. The van der Waals surface area contributed by atoms with Crippen molar-refractivity contribution in [3.05, 3.63) is 24.3 Å². The summed E-state index contributed by atoms with van der Waals surface area (Å²) >= 11 is 0. The standard InChI is InChI=1S/C20H32N2O3/c1-3-15-22(17-11-13-21-14-12-17)20(23)10-7-16-25-19-9-6-5-8-18(19)24-4-2/h5-6,8-9,17,21H,3-4,7,10-16H2,1-2H3. The van der Waals surface area contributed by atoms with Crippen LogP contribution in [0.15, 0.2) is 24.3 Å². The Morgan fingerprint density at radius 2 is 1.84 bits per heavy atom. The molecule has 1 aromatic rings. The summed E-state index contributed by atoms with van der Waals surface area (Å²) in [7, 11) is 0. The summed E-state index contributed by atoms with van der Waals surface area (Å²) in [6.07, 6.45) is 4.40. The van der Waals surface area contributed by atoms with Crippen LogP contribution in [0.4, 0.5) is 0 Å². The van der Waals surface area contributed by atoms with Crippen molar-refractivity contribution < 1.29 is 14.3 Å². The molecule has 0 atom stereocenters. The molecule has 0 saturated carbocycles. The maximum atomic E-state index is 12.6. The minimum absolute atomic E-state index is 0.260. The van der Waals surface area contributed by atoms with Crippen LogP contribution in [0, 0.1) is 0 Å². The summed E-state index contributed by atoms with van der Waals surface area (Å²) < 4.78 is 11.4. The van der Waals surface area contributed by atoms with Crippen LogP contribution in [0.5, 0.6) is 11.5 Å². The number of hydrogen-bond donors (Lipinski definition) is 1. The number of nitrogens with one attached hydrogen (secondary N) is 1. The first-order valence-electron chi connectivity index (χ1n) is 9.61. The molecule has 140 valence electrons. The third-order valence-electron chi connectivity index (χ3n) is 4.48. The first-order chi connectivity index (χ1) is 12.3. The van der Waals surface area contributed by atoms with Gasteiger partial charge >= 0.3 is 0 Å². The van der Waals surface area contributed by atoms with E-state index in [9.17, 15) is 4.79 Å². The van der Waals surface area contributed by atoms with Gasteiger partial charge in [0.25, 0.3) is 0 Å². The number of hydrogen-bond acceptors (Lipinski definition) is 4. The summed E-state index contributed by atoms with van der Waals surface area (Å²) in [6.45, 7) is 8.11. The van der Waals surface area contributed by atoms with Crippen molar-refractivity contribution in [3.8, 4) is 11.5 Å². The molecule has 1 amide bonds. The van der Waals surface area contributed by atoms with E-state index < -0.39 is 0 Å². The van der Waals surface area contributed by atoms with Crippen LogP contribution in [0.25, 0.3) is 0 Å². The number of para-hydroxylation sites is 2. The smallest absolute Gasteiger partial charge is 0.222 e. The highest BCUT2D eigenvalue weighted by molar-refractivity contribution is 5.76. The fourth-order valence-corrected chi connectivity index (χ4v) is 3.26. The van der Waals surface area contributed by atoms with Gasteiger partial charge in [0.1, 0.15) is 0 Å². The van der Waals surface area contributed by atoms with Gasteiger partial charge in [-0.05, 0) is 57.8 Å². The van der Waals surface area contributed by atoms with Crippen LogP contribution in [-0.4, -0.2) is 49.7 Å². The monoisotopic (exact) mass is 348 g/mol. The van der Waals surface area contributed by atoms with E-state index in [0.29, 0.717) is 25.7 Å². The number of piperidine rings is 1. The van der Waals surface area contributed by atoms with E-state index in [1.54, 1.807) is 0 Å². The Kier molecular flexibility index (Phi) is 8.60. The van der Waals surface area contributed by atoms with Crippen molar-refractivity contribution in [1.29, 1.82) is 0 Å². The maximum absolute atomic E-state index is 12.6. The molecular formula is C20H32N2O3. The average Bonchev–Trinajstić information content (AvgIpc) is 2.65. The van der Waals surface area contributed by atoms with E-state index in [1.807, 2.05) is 31.2 Å². The topological polar surface area (TPSA) is 50.8 Å². The molecule has 1 heterocycles. The molecule has 0 radical (unpaired) electrons. The second kappa shape index (κ2) is 11.0. The molecule has 5 nitrogen and oxygen atoms in total. The lowest BCUT2D eigenvalue weighted by Crippen LogP contribution is -2.46. The minimum atomic E-state index is 0.260. The maximum Gasteiger partial charge on any atom is 0.222 e. The van der Waals surface area contributed by atoms with Gasteiger partial charge in [-0.3, -0.25) is 4.79 Å². The lowest BCUT2D eigenvalue weighted by Gasteiger charge is -2.34. The van der Waals surface area contributed by atoms with Crippen LogP contribution in [0.3, 0.4) is 0 Å². The van der Waals surface area contributed by atoms with Gasteiger partial charge in [0.05, 0.1) is 13.2 Å². The molecule has 2 rings (SSSR count). The highest BCUT2D eigenvalue weighted by atomic mass is 16.5. The van der Waals surface area contributed by atoms with Crippen molar-refractivity contribution in [2.75, 3.05) is 32.8 Å². The molecule has 1 N–H and O–H groups in total. The van der Waals surface area contributed by atoms with Gasteiger partial charge in [-0.2, -0.15) is 0 Å². The van der Waals surface area contributed by atoms with Crippen LogP contribution in [0.2, 0.25) is 0 Å². The zero-order valence-corrected chi connectivity index (χ0v) is 15.6. The average molecular weight is 348 g/mol. The zero-order valence-electron chi connectivity index (χ0n) is 15.6. The number of nitrogens with zero attached hydrogens (tertiary/aromatic N) is 1. The molecule has 1 saturated heterocycles. The molecule has 0 spiro atoms. The van der Waals surface area contributed by atoms with Crippen LogP contribution >= 0.6 is 0 Å². The fourth-order valence-electron chi connectivity index (χ4n) is 3.26. The molecule has 0 aliphatic carbocycles. The molecule has 25 heavy (non-hydrogen) atoms. The second-order valence-electron chi connectivity index (χ2n) is 6.40. The molecule has 1 aromatic carbocycles. The lowest BCUT2D eigenvalue weighted by atomic mass is 10.0. The number of benzene rings is 1. The van der Waals surface area contributed by atoms with Crippen molar-refractivity contribution in [3.63, 3.8) is 0 Å². The largest absolute Gasteiger partial charge is 0.490 e. The number of rotatable bonds is 10. The Hall–Kier alpha value is -1.75.